The van der Waals surface area contributed by atoms with Crippen molar-refractivity contribution in [2.24, 2.45) is 0 Å². The van der Waals surface area contributed by atoms with Crippen LogP contribution in [0.15, 0.2) is 30.5 Å². The summed E-state index contributed by atoms with van der Waals surface area (Å²) in [6.07, 6.45) is 1.76. The van der Waals surface area contributed by atoms with Gasteiger partial charge in [0.15, 0.2) is 5.75 Å². The third-order valence-electron chi connectivity index (χ3n) is 2.93. The number of rotatable bonds is 5. The molecule has 0 saturated carbocycles. The lowest BCUT2D eigenvalue weighted by molar-refractivity contribution is 0.464. The molecule has 1 N–H and O–H groups in total. The number of aromatic nitrogens is 2. The van der Waals surface area contributed by atoms with E-state index in [-0.39, 0.29) is 0 Å². The number of benzene rings is 1. The van der Waals surface area contributed by atoms with E-state index in [4.69, 9.17) is 4.74 Å². The van der Waals surface area contributed by atoms with Crippen LogP contribution in [0.5, 0.6) is 11.5 Å². The van der Waals surface area contributed by atoms with Crippen molar-refractivity contribution in [3.05, 3.63) is 47.5 Å². The van der Waals surface area contributed by atoms with Crippen molar-refractivity contribution in [3.8, 4) is 11.5 Å². The number of hydrogen-bond donors (Lipinski definition) is 1. The summed E-state index contributed by atoms with van der Waals surface area (Å²) in [7, 11) is 1.90. The first kappa shape index (κ1) is 14.5. The van der Waals surface area contributed by atoms with Crippen molar-refractivity contribution in [2.75, 3.05) is 7.05 Å². The van der Waals surface area contributed by atoms with E-state index in [2.05, 4.69) is 29.1 Å². The first-order chi connectivity index (χ1) is 9.60. The van der Waals surface area contributed by atoms with Crippen LogP contribution in [0.1, 0.15) is 36.8 Å². The number of hydrogen-bond acceptors (Lipinski definition) is 4. The molecular formula is C16H21N3O. The second-order valence-corrected chi connectivity index (χ2v) is 5.14. The Kier molecular flexibility index (Phi) is 4.69. The van der Waals surface area contributed by atoms with Crippen molar-refractivity contribution in [3.63, 3.8) is 0 Å². The zero-order valence-corrected chi connectivity index (χ0v) is 12.5. The van der Waals surface area contributed by atoms with Crippen LogP contribution in [0.2, 0.25) is 0 Å². The van der Waals surface area contributed by atoms with Crippen LogP contribution in [0.4, 0.5) is 0 Å². The molecule has 0 fully saturated rings. The first-order valence-electron chi connectivity index (χ1n) is 6.85. The highest BCUT2D eigenvalue weighted by molar-refractivity contribution is 5.34. The highest BCUT2D eigenvalue weighted by Crippen LogP contribution is 2.25. The van der Waals surface area contributed by atoms with E-state index in [1.165, 1.54) is 0 Å². The summed E-state index contributed by atoms with van der Waals surface area (Å²) >= 11 is 0. The Balaban J connectivity index is 2.30. The average molecular weight is 271 g/mol. The minimum absolute atomic E-state index is 0.304. The quantitative estimate of drug-likeness (QED) is 0.905. The van der Waals surface area contributed by atoms with Gasteiger partial charge in [0.05, 0.1) is 6.20 Å². The monoisotopic (exact) mass is 271 g/mol. The Morgan fingerprint density at radius 2 is 2.10 bits per heavy atom. The zero-order valence-electron chi connectivity index (χ0n) is 12.5. The zero-order chi connectivity index (χ0) is 14.5. The molecule has 2 rings (SSSR count). The molecule has 0 bridgehead atoms. The fraction of sp³-hybridized carbons (Fsp3) is 0.375. The van der Waals surface area contributed by atoms with Crippen LogP contribution in [-0.2, 0) is 6.54 Å². The second kappa shape index (κ2) is 6.48. The number of ether oxygens (including phenoxy) is 1. The molecule has 1 aromatic heterocycles. The topological polar surface area (TPSA) is 47.0 Å². The van der Waals surface area contributed by atoms with Gasteiger partial charge in [0.2, 0.25) is 0 Å². The number of nitrogens with one attached hydrogen (secondary N) is 1. The maximum absolute atomic E-state index is 5.91. The molecule has 0 spiro atoms. The Hall–Kier alpha value is -1.94. The van der Waals surface area contributed by atoms with Crippen LogP contribution in [0.3, 0.4) is 0 Å². The number of nitrogens with zero attached hydrogens (tertiary/aromatic N) is 2. The summed E-state index contributed by atoms with van der Waals surface area (Å²) in [5, 5.41) is 3.12. The van der Waals surface area contributed by atoms with E-state index in [1.807, 2.05) is 38.2 Å². The van der Waals surface area contributed by atoms with Crippen LogP contribution < -0.4 is 10.1 Å². The predicted molar refractivity (Wildman–Crippen MR) is 80.1 cm³/mol. The highest BCUT2D eigenvalue weighted by atomic mass is 16.5. The van der Waals surface area contributed by atoms with Gasteiger partial charge in [-0.15, -0.1) is 0 Å². The van der Waals surface area contributed by atoms with E-state index >= 15 is 0 Å². The average Bonchev–Trinajstić information content (AvgIpc) is 2.41. The highest BCUT2D eigenvalue weighted by Gasteiger charge is 2.11. The van der Waals surface area contributed by atoms with Crippen molar-refractivity contribution < 1.29 is 4.74 Å². The lowest BCUT2D eigenvalue weighted by Crippen LogP contribution is -2.11. The molecular weight excluding hydrogens is 250 g/mol. The molecule has 0 aliphatic heterocycles. The standard InChI is InChI=1S/C16H21N3O/c1-11(2)16-18-10-15(14(19-16)9-17-4)20-13-7-5-6-12(3)8-13/h5-8,10-11,17H,9H2,1-4H3. The molecule has 0 saturated heterocycles. The molecule has 4 heteroatoms. The van der Waals surface area contributed by atoms with E-state index in [0.717, 1.165) is 22.8 Å². The van der Waals surface area contributed by atoms with Crippen LogP contribution in [-0.4, -0.2) is 17.0 Å². The summed E-state index contributed by atoms with van der Waals surface area (Å²) < 4.78 is 5.91. The van der Waals surface area contributed by atoms with Crippen molar-refractivity contribution in [1.29, 1.82) is 0 Å². The van der Waals surface area contributed by atoms with Gasteiger partial charge in [0.25, 0.3) is 0 Å². The van der Waals surface area contributed by atoms with Gasteiger partial charge in [0.1, 0.15) is 17.3 Å². The van der Waals surface area contributed by atoms with Crippen LogP contribution >= 0.6 is 0 Å². The molecule has 4 nitrogen and oxygen atoms in total. The van der Waals surface area contributed by atoms with Gasteiger partial charge in [-0.1, -0.05) is 26.0 Å². The molecule has 20 heavy (non-hydrogen) atoms. The number of aryl methyl sites for hydroxylation is 1. The van der Waals surface area contributed by atoms with E-state index in [9.17, 15) is 0 Å². The summed E-state index contributed by atoms with van der Waals surface area (Å²) in [5.74, 6) is 2.66. The van der Waals surface area contributed by atoms with E-state index in [0.29, 0.717) is 18.2 Å². The van der Waals surface area contributed by atoms with E-state index < -0.39 is 0 Å². The van der Waals surface area contributed by atoms with Crippen molar-refractivity contribution in [2.45, 2.75) is 33.2 Å². The SMILES string of the molecule is CNCc1nc(C(C)C)ncc1Oc1cccc(C)c1. The lowest BCUT2D eigenvalue weighted by atomic mass is 10.2. The molecule has 0 atom stereocenters. The summed E-state index contributed by atoms with van der Waals surface area (Å²) in [4.78, 5) is 8.96. The molecule has 106 valence electrons. The Labute approximate surface area is 120 Å². The van der Waals surface area contributed by atoms with Crippen molar-refractivity contribution in [1.82, 2.24) is 15.3 Å². The Bertz CT molecular complexity index is 582. The fourth-order valence-electron chi connectivity index (χ4n) is 1.88. The second-order valence-electron chi connectivity index (χ2n) is 5.14. The van der Waals surface area contributed by atoms with Gasteiger partial charge < -0.3 is 10.1 Å². The molecule has 0 unspecified atom stereocenters. The smallest absolute Gasteiger partial charge is 0.168 e. The molecule has 2 aromatic rings. The molecule has 1 heterocycles. The summed E-state index contributed by atoms with van der Waals surface area (Å²) in [5.41, 5.74) is 2.05. The van der Waals surface area contributed by atoms with Gasteiger partial charge in [-0.25, -0.2) is 9.97 Å². The fourth-order valence-corrected chi connectivity index (χ4v) is 1.88. The lowest BCUT2D eigenvalue weighted by Gasteiger charge is -2.12. The summed E-state index contributed by atoms with van der Waals surface area (Å²) in [6.45, 7) is 6.86. The maximum atomic E-state index is 5.91. The third-order valence-corrected chi connectivity index (χ3v) is 2.93. The van der Waals surface area contributed by atoms with Gasteiger partial charge >= 0.3 is 0 Å². The Morgan fingerprint density at radius 3 is 2.75 bits per heavy atom. The largest absolute Gasteiger partial charge is 0.454 e. The van der Waals surface area contributed by atoms with Crippen molar-refractivity contribution >= 4 is 0 Å². The Morgan fingerprint density at radius 1 is 1.30 bits per heavy atom. The van der Waals surface area contributed by atoms with E-state index in [1.54, 1.807) is 6.20 Å². The minimum Gasteiger partial charge on any atom is -0.454 e. The molecule has 1 aromatic carbocycles. The maximum Gasteiger partial charge on any atom is 0.168 e. The van der Waals surface area contributed by atoms with Crippen LogP contribution in [0, 0.1) is 6.92 Å². The predicted octanol–water partition coefficient (Wildman–Crippen LogP) is 3.42. The normalized spacial score (nSPS) is 10.8. The summed E-state index contributed by atoms with van der Waals surface area (Å²) in [6, 6.07) is 7.96. The molecule has 0 radical (unpaired) electrons. The molecule has 0 aliphatic carbocycles. The van der Waals surface area contributed by atoms with Gasteiger partial charge in [-0.3, -0.25) is 0 Å². The van der Waals surface area contributed by atoms with Gasteiger partial charge in [-0.2, -0.15) is 0 Å². The molecule has 0 aliphatic rings. The first-order valence-corrected chi connectivity index (χ1v) is 6.85. The van der Waals surface area contributed by atoms with Gasteiger partial charge in [-0.05, 0) is 31.7 Å². The van der Waals surface area contributed by atoms with Gasteiger partial charge in [0, 0.05) is 12.5 Å². The van der Waals surface area contributed by atoms with Crippen LogP contribution in [0.25, 0.3) is 0 Å². The third kappa shape index (κ3) is 3.54. The molecule has 0 amide bonds. The minimum atomic E-state index is 0.304.